The molecule has 1 aromatic heterocycles. The number of carbonyl (C=O) groups is 2. The van der Waals surface area contributed by atoms with Gasteiger partial charge in [-0.1, -0.05) is 72.3 Å². The zero-order valence-corrected chi connectivity index (χ0v) is 18.4. The lowest BCUT2D eigenvalue weighted by Gasteiger charge is -2.12. The summed E-state index contributed by atoms with van der Waals surface area (Å²) in [5, 5.41) is 4.66. The maximum absolute atomic E-state index is 12.4. The topological polar surface area (TPSA) is 98.1 Å². The van der Waals surface area contributed by atoms with E-state index in [0.717, 1.165) is 11.1 Å². The Hall–Kier alpha value is -4.17. The van der Waals surface area contributed by atoms with Crippen LogP contribution in [0.5, 0.6) is 5.75 Å². The molecule has 1 heterocycles. The van der Waals surface area contributed by atoms with Gasteiger partial charge in [-0.05, 0) is 30.7 Å². The summed E-state index contributed by atoms with van der Waals surface area (Å²) in [4.78, 5) is 28.8. The van der Waals surface area contributed by atoms with Crippen molar-refractivity contribution in [2.24, 2.45) is 0 Å². The quantitative estimate of drug-likeness (QED) is 0.426. The molecule has 0 bridgehead atoms. The van der Waals surface area contributed by atoms with Gasteiger partial charge in [0.25, 0.3) is 5.91 Å². The molecule has 0 aliphatic heterocycles. The van der Waals surface area contributed by atoms with Crippen molar-refractivity contribution in [3.05, 3.63) is 95.5 Å². The Morgan fingerprint density at radius 1 is 0.939 bits per heavy atom. The van der Waals surface area contributed by atoms with Gasteiger partial charge in [0.05, 0.1) is 10.7 Å². The standard InChI is InChI=1S/C24H20ClN5O3/c1-16-26-23(29-30(16)20-13-7-6-12-19(20)25)24(32)28-27-22(31)15-33-21-14-8-5-11-18(21)17-9-3-2-4-10-17/h2-14H,15H2,1H3,(H,27,31)(H,28,32). The van der Waals surface area contributed by atoms with Gasteiger partial charge in [-0.15, -0.1) is 5.10 Å². The molecular formula is C24H20ClN5O3. The molecule has 166 valence electrons. The summed E-state index contributed by atoms with van der Waals surface area (Å²) in [7, 11) is 0. The van der Waals surface area contributed by atoms with E-state index in [-0.39, 0.29) is 12.4 Å². The van der Waals surface area contributed by atoms with Gasteiger partial charge < -0.3 is 4.74 Å². The van der Waals surface area contributed by atoms with Crippen LogP contribution in [0.25, 0.3) is 16.8 Å². The average Bonchev–Trinajstić information content (AvgIpc) is 3.23. The Kier molecular flexibility index (Phi) is 6.66. The van der Waals surface area contributed by atoms with Crippen LogP contribution in [0.2, 0.25) is 5.02 Å². The summed E-state index contributed by atoms with van der Waals surface area (Å²) in [6.07, 6.45) is 0. The van der Waals surface area contributed by atoms with Crippen LogP contribution in [0, 0.1) is 6.92 Å². The van der Waals surface area contributed by atoms with Gasteiger partial charge in [0, 0.05) is 5.56 Å². The van der Waals surface area contributed by atoms with E-state index in [1.54, 1.807) is 37.3 Å². The molecule has 0 aliphatic carbocycles. The molecule has 4 rings (SSSR count). The van der Waals surface area contributed by atoms with Crippen LogP contribution >= 0.6 is 11.6 Å². The number of para-hydroxylation sites is 2. The maximum Gasteiger partial charge on any atom is 0.309 e. The van der Waals surface area contributed by atoms with Crippen molar-refractivity contribution in [1.29, 1.82) is 0 Å². The van der Waals surface area contributed by atoms with Gasteiger partial charge in [-0.3, -0.25) is 20.4 Å². The summed E-state index contributed by atoms with van der Waals surface area (Å²) in [5.74, 6) is -0.278. The molecule has 0 atom stereocenters. The highest BCUT2D eigenvalue weighted by Crippen LogP contribution is 2.29. The van der Waals surface area contributed by atoms with Gasteiger partial charge >= 0.3 is 5.91 Å². The number of carbonyl (C=O) groups excluding carboxylic acids is 2. The molecule has 0 aliphatic rings. The molecule has 2 N–H and O–H groups in total. The third-order valence-electron chi connectivity index (χ3n) is 4.70. The monoisotopic (exact) mass is 461 g/mol. The van der Waals surface area contributed by atoms with Gasteiger partial charge in [-0.2, -0.15) is 0 Å². The summed E-state index contributed by atoms with van der Waals surface area (Å²) in [5.41, 5.74) is 7.04. The fraction of sp³-hybridized carbons (Fsp3) is 0.0833. The van der Waals surface area contributed by atoms with Gasteiger partial charge in [0.2, 0.25) is 5.82 Å². The second-order valence-electron chi connectivity index (χ2n) is 7.00. The second kappa shape index (κ2) is 9.97. The lowest BCUT2D eigenvalue weighted by Crippen LogP contribution is -2.44. The molecule has 4 aromatic rings. The van der Waals surface area contributed by atoms with Crippen molar-refractivity contribution in [3.63, 3.8) is 0 Å². The highest BCUT2D eigenvalue weighted by atomic mass is 35.5. The molecule has 0 spiro atoms. The van der Waals surface area contributed by atoms with E-state index >= 15 is 0 Å². The molecule has 9 heteroatoms. The lowest BCUT2D eigenvalue weighted by atomic mass is 10.1. The summed E-state index contributed by atoms with van der Waals surface area (Å²) < 4.78 is 7.13. The number of benzene rings is 3. The van der Waals surface area contributed by atoms with Crippen molar-refractivity contribution in [3.8, 4) is 22.6 Å². The number of nitrogens with one attached hydrogen (secondary N) is 2. The van der Waals surface area contributed by atoms with E-state index in [1.165, 1.54) is 4.68 Å². The average molecular weight is 462 g/mol. The SMILES string of the molecule is Cc1nc(C(=O)NNC(=O)COc2ccccc2-c2ccccc2)nn1-c1ccccc1Cl. The van der Waals surface area contributed by atoms with Crippen molar-refractivity contribution in [2.45, 2.75) is 6.92 Å². The Morgan fingerprint density at radius 3 is 2.42 bits per heavy atom. The third-order valence-corrected chi connectivity index (χ3v) is 5.02. The lowest BCUT2D eigenvalue weighted by molar-refractivity contribution is -0.123. The number of hydrogen-bond acceptors (Lipinski definition) is 5. The van der Waals surface area contributed by atoms with E-state index in [9.17, 15) is 9.59 Å². The van der Waals surface area contributed by atoms with Crippen LogP contribution < -0.4 is 15.6 Å². The largest absolute Gasteiger partial charge is 0.483 e. The van der Waals surface area contributed by atoms with Crippen molar-refractivity contribution < 1.29 is 14.3 Å². The Morgan fingerprint density at radius 2 is 1.64 bits per heavy atom. The molecule has 0 saturated heterocycles. The summed E-state index contributed by atoms with van der Waals surface area (Å²) in [6.45, 7) is 1.41. The van der Waals surface area contributed by atoms with Gasteiger partial charge in [-0.25, -0.2) is 9.67 Å². The van der Waals surface area contributed by atoms with E-state index in [1.807, 2.05) is 48.5 Å². The zero-order chi connectivity index (χ0) is 23.2. The first-order valence-corrected chi connectivity index (χ1v) is 10.5. The third kappa shape index (κ3) is 5.19. The van der Waals surface area contributed by atoms with Crippen molar-refractivity contribution in [1.82, 2.24) is 25.6 Å². The summed E-state index contributed by atoms with van der Waals surface area (Å²) in [6, 6.07) is 24.2. The minimum absolute atomic E-state index is 0.108. The molecule has 8 nitrogen and oxygen atoms in total. The van der Waals surface area contributed by atoms with Crippen molar-refractivity contribution >= 4 is 23.4 Å². The fourth-order valence-electron chi connectivity index (χ4n) is 3.15. The molecule has 33 heavy (non-hydrogen) atoms. The fourth-order valence-corrected chi connectivity index (χ4v) is 3.36. The van der Waals surface area contributed by atoms with Gasteiger partial charge in [0.1, 0.15) is 11.6 Å². The molecular weight excluding hydrogens is 442 g/mol. The minimum Gasteiger partial charge on any atom is -0.483 e. The number of halogens is 1. The predicted molar refractivity (Wildman–Crippen MR) is 124 cm³/mol. The van der Waals surface area contributed by atoms with Crippen molar-refractivity contribution in [2.75, 3.05) is 6.61 Å². The number of amides is 2. The molecule has 0 unspecified atom stereocenters. The van der Waals surface area contributed by atoms with Crippen LogP contribution in [0.1, 0.15) is 16.4 Å². The van der Waals surface area contributed by atoms with E-state index in [0.29, 0.717) is 22.3 Å². The highest BCUT2D eigenvalue weighted by molar-refractivity contribution is 6.32. The van der Waals surface area contributed by atoms with Crippen LogP contribution in [0.3, 0.4) is 0 Å². The van der Waals surface area contributed by atoms with Crippen LogP contribution in [0.4, 0.5) is 0 Å². The number of aromatic nitrogens is 3. The molecule has 0 fully saturated rings. The van der Waals surface area contributed by atoms with Crippen LogP contribution in [0.15, 0.2) is 78.9 Å². The smallest absolute Gasteiger partial charge is 0.309 e. The number of hydrogen-bond donors (Lipinski definition) is 2. The summed E-state index contributed by atoms with van der Waals surface area (Å²) >= 11 is 6.20. The molecule has 0 radical (unpaired) electrons. The first-order valence-electron chi connectivity index (χ1n) is 10.1. The molecule has 0 saturated carbocycles. The minimum atomic E-state index is -0.665. The first-order chi connectivity index (χ1) is 16.0. The van der Waals surface area contributed by atoms with E-state index in [2.05, 4.69) is 20.9 Å². The number of hydrazine groups is 1. The Labute approximate surface area is 195 Å². The number of nitrogens with zero attached hydrogens (tertiary/aromatic N) is 3. The Bertz CT molecular complexity index is 1290. The predicted octanol–water partition coefficient (Wildman–Crippen LogP) is 3.74. The number of aryl methyl sites for hydroxylation is 1. The normalized spacial score (nSPS) is 10.5. The van der Waals surface area contributed by atoms with E-state index < -0.39 is 11.8 Å². The first kappa shape index (κ1) is 22.0. The van der Waals surface area contributed by atoms with Crippen LogP contribution in [-0.4, -0.2) is 33.2 Å². The zero-order valence-electron chi connectivity index (χ0n) is 17.7. The number of rotatable bonds is 6. The number of ether oxygens (including phenoxy) is 1. The molecule has 2 amide bonds. The van der Waals surface area contributed by atoms with Crippen LogP contribution in [-0.2, 0) is 4.79 Å². The maximum atomic E-state index is 12.4. The highest BCUT2D eigenvalue weighted by Gasteiger charge is 2.17. The Balaban J connectivity index is 1.36. The second-order valence-corrected chi connectivity index (χ2v) is 7.41. The van der Waals surface area contributed by atoms with Gasteiger partial charge in [0.15, 0.2) is 6.61 Å². The molecule has 3 aromatic carbocycles. The van der Waals surface area contributed by atoms with E-state index in [4.69, 9.17) is 16.3 Å².